The standard InChI is InChI=1S/C20H18F4N2O4S2/c1-12-3-4-14(8-18(12)32(2,27)28)26(10-15-9-25-11-31-15)13-5-6-16(29-19(21)22)17(7-13)30-20(23)24/h3-9,11,19-20H,10H2,1-2H3. The first-order chi connectivity index (χ1) is 15.0. The normalized spacial score (nSPS) is 11.8. The molecule has 6 nitrogen and oxygen atoms in total. The second kappa shape index (κ2) is 9.74. The van der Waals surface area contributed by atoms with E-state index < -0.39 is 34.6 Å². The van der Waals surface area contributed by atoms with Crippen LogP contribution in [-0.4, -0.2) is 32.9 Å². The molecule has 12 heteroatoms. The predicted octanol–water partition coefficient (Wildman–Crippen LogP) is 5.40. The van der Waals surface area contributed by atoms with E-state index >= 15 is 0 Å². The minimum absolute atomic E-state index is 0.103. The molecule has 0 aliphatic carbocycles. The van der Waals surface area contributed by atoms with Crippen LogP contribution in [0.3, 0.4) is 0 Å². The summed E-state index contributed by atoms with van der Waals surface area (Å²) in [5, 5.41) is 0. The smallest absolute Gasteiger partial charge is 0.387 e. The number of benzene rings is 2. The van der Waals surface area contributed by atoms with Crippen molar-refractivity contribution in [1.82, 2.24) is 4.98 Å². The Morgan fingerprint density at radius 1 is 1.00 bits per heavy atom. The first kappa shape index (κ1) is 23.8. The van der Waals surface area contributed by atoms with Crippen molar-refractivity contribution in [3.63, 3.8) is 0 Å². The van der Waals surface area contributed by atoms with Crippen LogP contribution in [0, 0.1) is 6.92 Å². The molecule has 2 aromatic carbocycles. The summed E-state index contributed by atoms with van der Waals surface area (Å²) >= 11 is 1.33. The summed E-state index contributed by atoms with van der Waals surface area (Å²) in [5.41, 5.74) is 2.88. The molecular formula is C20H18F4N2O4S2. The average Bonchev–Trinajstić information content (AvgIpc) is 3.20. The molecule has 0 atom stereocenters. The van der Waals surface area contributed by atoms with Crippen LogP contribution < -0.4 is 14.4 Å². The van der Waals surface area contributed by atoms with Gasteiger partial charge >= 0.3 is 13.2 Å². The predicted molar refractivity (Wildman–Crippen MR) is 112 cm³/mol. The van der Waals surface area contributed by atoms with Crippen LogP contribution in [0.2, 0.25) is 0 Å². The van der Waals surface area contributed by atoms with Gasteiger partial charge in [0.15, 0.2) is 21.3 Å². The summed E-state index contributed by atoms with van der Waals surface area (Å²) in [5.74, 6) is -1.13. The van der Waals surface area contributed by atoms with E-state index in [-0.39, 0.29) is 11.4 Å². The van der Waals surface area contributed by atoms with E-state index in [1.165, 1.54) is 23.5 Å². The van der Waals surface area contributed by atoms with E-state index in [1.807, 2.05) is 0 Å². The number of nitrogens with zero attached hydrogens (tertiary/aromatic N) is 2. The monoisotopic (exact) mass is 490 g/mol. The molecule has 1 heterocycles. The van der Waals surface area contributed by atoms with Crippen LogP contribution in [0.25, 0.3) is 0 Å². The van der Waals surface area contributed by atoms with Gasteiger partial charge in [-0.05, 0) is 36.8 Å². The second-order valence-electron chi connectivity index (χ2n) is 6.66. The number of hydrogen-bond donors (Lipinski definition) is 0. The lowest BCUT2D eigenvalue weighted by atomic mass is 10.1. The third-order valence-corrected chi connectivity index (χ3v) is 6.35. The van der Waals surface area contributed by atoms with Gasteiger partial charge in [-0.3, -0.25) is 4.98 Å². The zero-order valence-electron chi connectivity index (χ0n) is 16.8. The number of aromatic nitrogens is 1. The average molecular weight is 491 g/mol. The zero-order chi connectivity index (χ0) is 23.5. The van der Waals surface area contributed by atoms with Gasteiger partial charge in [-0.15, -0.1) is 11.3 Å². The van der Waals surface area contributed by atoms with Crippen LogP contribution in [-0.2, 0) is 16.4 Å². The van der Waals surface area contributed by atoms with Gasteiger partial charge in [0.1, 0.15) is 0 Å². The van der Waals surface area contributed by atoms with Crippen molar-refractivity contribution in [2.75, 3.05) is 11.2 Å². The molecule has 3 rings (SSSR count). The lowest BCUT2D eigenvalue weighted by Gasteiger charge is -2.26. The Morgan fingerprint density at radius 2 is 1.62 bits per heavy atom. The van der Waals surface area contributed by atoms with Crippen LogP contribution in [0.4, 0.5) is 28.9 Å². The molecule has 0 saturated heterocycles. The maximum Gasteiger partial charge on any atom is 0.387 e. The van der Waals surface area contributed by atoms with Crippen molar-refractivity contribution < 1.29 is 35.5 Å². The third kappa shape index (κ3) is 5.88. The molecule has 32 heavy (non-hydrogen) atoms. The topological polar surface area (TPSA) is 68.7 Å². The van der Waals surface area contributed by atoms with Crippen molar-refractivity contribution in [3.8, 4) is 11.5 Å². The molecule has 0 aliphatic heterocycles. The Hall–Kier alpha value is -2.86. The molecule has 0 radical (unpaired) electrons. The van der Waals surface area contributed by atoms with Crippen LogP contribution in [0.1, 0.15) is 10.4 Å². The Balaban J connectivity index is 2.12. The van der Waals surface area contributed by atoms with Gasteiger partial charge in [0, 0.05) is 34.8 Å². The van der Waals surface area contributed by atoms with Crippen LogP contribution in [0.15, 0.2) is 53.0 Å². The van der Waals surface area contributed by atoms with E-state index in [1.54, 1.807) is 35.7 Å². The van der Waals surface area contributed by atoms with Gasteiger partial charge < -0.3 is 14.4 Å². The second-order valence-corrected chi connectivity index (χ2v) is 9.62. The molecule has 0 N–H and O–H groups in total. The highest BCUT2D eigenvalue weighted by Crippen LogP contribution is 2.38. The SMILES string of the molecule is Cc1ccc(N(Cc2cncs2)c2ccc(OC(F)F)c(OC(F)F)c2)cc1S(C)(=O)=O. The van der Waals surface area contributed by atoms with Crippen molar-refractivity contribution >= 4 is 32.5 Å². The zero-order valence-corrected chi connectivity index (χ0v) is 18.5. The number of ether oxygens (including phenoxy) is 2. The lowest BCUT2D eigenvalue weighted by molar-refractivity contribution is -0.0692. The molecular weight excluding hydrogens is 472 g/mol. The molecule has 0 unspecified atom stereocenters. The van der Waals surface area contributed by atoms with Gasteiger partial charge in [0.05, 0.1) is 17.0 Å². The number of anilines is 2. The van der Waals surface area contributed by atoms with E-state index in [9.17, 15) is 26.0 Å². The van der Waals surface area contributed by atoms with Crippen LogP contribution >= 0.6 is 11.3 Å². The van der Waals surface area contributed by atoms with Crippen molar-refractivity contribution in [2.45, 2.75) is 31.6 Å². The summed E-state index contributed by atoms with van der Waals surface area (Å²) in [6.07, 6.45) is 2.69. The highest BCUT2D eigenvalue weighted by Gasteiger charge is 2.20. The number of sulfone groups is 1. The van der Waals surface area contributed by atoms with Gasteiger partial charge in [-0.2, -0.15) is 17.6 Å². The Morgan fingerprint density at radius 3 is 2.22 bits per heavy atom. The number of alkyl halides is 4. The molecule has 0 amide bonds. The van der Waals surface area contributed by atoms with E-state index in [0.717, 1.165) is 23.3 Å². The molecule has 0 saturated carbocycles. The molecule has 0 aliphatic rings. The third-order valence-electron chi connectivity index (χ3n) is 4.35. The summed E-state index contributed by atoms with van der Waals surface area (Å²) in [6, 6.07) is 8.36. The minimum Gasteiger partial charge on any atom is -0.431 e. The summed E-state index contributed by atoms with van der Waals surface area (Å²) in [4.78, 5) is 6.53. The minimum atomic E-state index is -3.54. The Bertz CT molecular complexity index is 1170. The molecule has 0 fully saturated rings. The molecule has 0 spiro atoms. The number of halogens is 4. The molecule has 1 aromatic heterocycles. The first-order valence-corrected chi connectivity index (χ1v) is 11.8. The highest BCUT2D eigenvalue weighted by molar-refractivity contribution is 7.90. The number of hydrogen-bond acceptors (Lipinski definition) is 7. The first-order valence-electron chi connectivity index (χ1n) is 9.04. The largest absolute Gasteiger partial charge is 0.431 e. The maximum atomic E-state index is 12.9. The summed E-state index contributed by atoms with van der Waals surface area (Å²) in [7, 11) is -3.54. The van der Waals surface area contributed by atoms with E-state index in [4.69, 9.17) is 0 Å². The van der Waals surface area contributed by atoms with Gasteiger partial charge in [-0.1, -0.05) is 6.07 Å². The lowest BCUT2D eigenvalue weighted by Crippen LogP contribution is -2.17. The fourth-order valence-electron chi connectivity index (χ4n) is 3.01. The van der Waals surface area contributed by atoms with Crippen molar-refractivity contribution in [1.29, 1.82) is 0 Å². The van der Waals surface area contributed by atoms with E-state index in [0.29, 0.717) is 16.9 Å². The van der Waals surface area contributed by atoms with E-state index in [2.05, 4.69) is 14.5 Å². The van der Waals surface area contributed by atoms with Crippen molar-refractivity contribution in [2.24, 2.45) is 0 Å². The molecule has 0 bridgehead atoms. The quantitative estimate of drug-likeness (QED) is 0.375. The van der Waals surface area contributed by atoms with Gasteiger partial charge in [0.25, 0.3) is 0 Å². The molecule has 172 valence electrons. The molecule has 3 aromatic rings. The fraction of sp³-hybridized carbons (Fsp3) is 0.250. The fourth-order valence-corrected chi connectivity index (χ4v) is 4.58. The number of rotatable bonds is 9. The Kier molecular flexibility index (Phi) is 7.24. The summed E-state index contributed by atoms with van der Waals surface area (Å²) < 4.78 is 84.1. The van der Waals surface area contributed by atoms with Gasteiger partial charge in [0.2, 0.25) is 0 Å². The summed E-state index contributed by atoms with van der Waals surface area (Å²) in [6.45, 7) is -4.64. The van der Waals surface area contributed by atoms with Crippen molar-refractivity contribution in [3.05, 3.63) is 58.5 Å². The van der Waals surface area contributed by atoms with Crippen LogP contribution in [0.5, 0.6) is 11.5 Å². The van der Waals surface area contributed by atoms with Gasteiger partial charge in [-0.25, -0.2) is 8.42 Å². The number of aryl methyl sites for hydroxylation is 1. The number of thiazole rings is 1. The highest BCUT2D eigenvalue weighted by atomic mass is 32.2. The maximum absolute atomic E-state index is 12.9. The Labute approximate surface area is 186 Å².